The molecule has 0 bridgehead atoms. The van der Waals surface area contributed by atoms with Gasteiger partial charge in [0.15, 0.2) is 0 Å². The number of phenolic OH excluding ortho intramolecular Hbond substituents is 1. The highest BCUT2D eigenvalue weighted by Crippen LogP contribution is 2.52. The lowest BCUT2D eigenvalue weighted by Gasteiger charge is -2.46. The molecule has 4 aromatic rings. The summed E-state index contributed by atoms with van der Waals surface area (Å²) in [7, 11) is -5.94. The Kier molecular flexibility index (Phi) is 11.9. The third-order valence-corrected chi connectivity index (χ3v) is 17.3. The van der Waals surface area contributed by atoms with Gasteiger partial charge in [0.1, 0.15) is 5.75 Å². The molecule has 0 saturated carbocycles. The number of hydrogen-bond acceptors (Lipinski definition) is 8. The summed E-state index contributed by atoms with van der Waals surface area (Å²) in [4.78, 5) is 30.2. The number of imide groups is 1. The van der Waals surface area contributed by atoms with E-state index in [9.17, 15) is 29.8 Å². The van der Waals surface area contributed by atoms with E-state index in [0.717, 1.165) is 43.8 Å². The normalized spacial score (nSPS) is 21.4. The van der Waals surface area contributed by atoms with Crippen LogP contribution in [0.5, 0.6) is 5.75 Å². The number of anilines is 1. The van der Waals surface area contributed by atoms with E-state index in [-0.39, 0.29) is 53.1 Å². The Morgan fingerprint density at radius 1 is 0.914 bits per heavy atom. The van der Waals surface area contributed by atoms with Crippen LogP contribution in [-0.4, -0.2) is 67.3 Å². The number of aromatic hydroxyl groups is 1. The van der Waals surface area contributed by atoms with Gasteiger partial charge in [-0.15, -0.1) is 0 Å². The first-order valence-corrected chi connectivity index (χ1v) is 22.1. The van der Waals surface area contributed by atoms with E-state index in [1.165, 1.54) is 17.0 Å². The fourth-order valence-electron chi connectivity index (χ4n) is 9.72. The van der Waals surface area contributed by atoms with Gasteiger partial charge < -0.3 is 29.3 Å². The molecule has 2 fully saturated rings. The smallest absolute Gasteiger partial charge is 0.488 e. The molecule has 58 heavy (non-hydrogen) atoms. The lowest BCUT2D eigenvalue weighted by molar-refractivity contribution is -0.122. The van der Waals surface area contributed by atoms with Gasteiger partial charge in [-0.3, -0.25) is 14.5 Å². The van der Waals surface area contributed by atoms with Crippen LogP contribution in [0.2, 0.25) is 11.4 Å². The molecule has 0 radical (unpaired) electrons. The second-order valence-corrected chi connectivity index (χ2v) is 21.6. The second-order valence-electron chi connectivity index (χ2n) is 17.3. The maximum absolute atomic E-state index is 14.6. The van der Waals surface area contributed by atoms with Gasteiger partial charge in [-0.1, -0.05) is 105 Å². The predicted octanol–water partition coefficient (Wildman–Crippen LogP) is 5.45. The molecule has 0 aromatic heterocycles. The number of carbonyl (C=O) groups excluding carboxylic acids is 2. The summed E-state index contributed by atoms with van der Waals surface area (Å²) < 4.78 is 13.9. The number of benzene rings is 4. The van der Waals surface area contributed by atoms with Gasteiger partial charge in [0.25, 0.3) is 8.32 Å². The predicted molar refractivity (Wildman–Crippen MR) is 233 cm³/mol. The number of aryl methyl sites for hydroxylation is 2. The quantitative estimate of drug-likeness (QED) is 0.0895. The highest BCUT2D eigenvalue weighted by atomic mass is 28.4. The number of fused-ring (bicyclic) bond motifs is 3. The number of amides is 2. The Bertz CT molecular complexity index is 2180. The number of nitrogens with zero attached hydrogens (tertiary/aromatic N) is 1. The molecule has 2 aliphatic heterocycles. The van der Waals surface area contributed by atoms with Crippen molar-refractivity contribution in [2.45, 2.75) is 78.3 Å². The van der Waals surface area contributed by atoms with Gasteiger partial charge in [0.05, 0.1) is 30.2 Å². The highest BCUT2D eigenvalue weighted by molar-refractivity contribution is 6.99. The van der Waals surface area contributed by atoms with E-state index in [0.29, 0.717) is 12.8 Å². The van der Waals surface area contributed by atoms with Gasteiger partial charge in [-0.25, -0.2) is 0 Å². The number of phenols is 1. The van der Waals surface area contributed by atoms with Crippen LogP contribution in [-0.2, 0) is 18.7 Å². The number of hydrogen-bond donors (Lipinski definition) is 4. The van der Waals surface area contributed by atoms with Crippen LogP contribution in [0.4, 0.5) is 5.69 Å². The van der Waals surface area contributed by atoms with E-state index in [4.69, 9.17) is 9.08 Å². The van der Waals surface area contributed by atoms with Crippen LogP contribution >= 0.6 is 0 Å². The van der Waals surface area contributed by atoms with Crippen LogP contribution in [0.25, 0.3) is 6.08 Å². The first kappa shape index (κ1) is 41.6. The molecule has 3 aliphatic rings. The third-order valence-electron chi connectivity index (χ3n) is 12.3. The molecule has 2 amide bonds. The summed E-state index contributed by atoms with van der Waals surface area (Å²) in [5.74, 6) is -2.34. The molecule has 9 nitrogen and oxygen atoms in total. The maximum atomic E-state index is 14.6. The minimum atomic E-state index is -3.03. The summed E-state index contributed by atoms with van der Waals surface area (Å²) in [6.45, 7) is 12.7. The van der Waals surface area contributed by atoms with Crippen LogP contribution < -0.4 is 20.7 Å². The molecular weight excluding hydrogens is 744 g/mol. The minimum Gasteiger partial charge on any atom is -0.507 e. The molecule has 300 valence electrons. The zero-order valence-corrected chi connectivity index (χ0v) is 35.2. The molecule has 2 heterocycles. The zero-order valence-electron chi connectivity index (χ0n) is 34.2. The summed E-state index contributed by atoms with van der Waals surface area (Å²) >= 11 is 0. The molecule has 0 spiro atoms. The molecule has 4 atom stereocenters. The number of carbonyl (C=O) groups is 2. The number of rotatable bonds is 11. The van der Waals surface area contributed by atoms with E-state index in [2.05, 4.69) is 58.0 Å². The average Bonchev–Trinajstić information content (AvgIpc) is 3.44. The first-order chi connectivity index (χ1) is 27.6. The van der Waals surface area contributed by atoms with E-state index < -0.39 is 46.4 Å². The molecule has 4 N–H and O–H groups in total. The van der Waals surface area contributed by atoms with Crippen molar-refractivity contribution in [1.29, 1.82) is 0 Å². The van der Waals surface area contributed by atoms with E-state index >= 15 is 0 Å². The van der Waals surface area contributed by atoms with Gasteiger partial charge in [0, 0.05) is 0 Å². The van der Waals surface area contributed by atoms with Gasteiger partial charge >= 0.3 is 14.2 Å². The zero-order chi connectivity index (χ0) is 41.5. The fourth-order valence-corrected chi connectivity index (χ4v) is 14.3. The Morgan fingerprint density at radius 2 is 1.53 bits per heavy atom. The second kappa shape index (κ2) is 16.6. The summed E-state index contributed by atoms with van der Waals surface area (Å²) in [5.41, 5.74) is 5.99. The minimum absolute atomic E-state index is 0.152. The topological polar surface area (TPSA) is 137 Å². The lowest BCUT2D eigenvalue weighted by Crippen LogP contribution is -2.66. The summed E-state index contributed by atoms with van der Waals surface area (Å²) in [5, 5.41) is 43.5. The van der Waals surface area contributed by atoms with Crippen molar-refractivity contribution in [1.82, 2.24) is 0 Å². The van der Waals surface area contributed by atoms with Crippen molar-refractivity contribution < 1.29 is 38.8 Å². The Hall–Kier alpha value is -4.55. The van der Waals surface area contributed by atoms with Crippen molar-refractivity contribution in [3.8, 4) is 5.75 Å². The Morgan fingerprint density at radius 3 is 2.12 bits per heavy atom. The SMILES string of the molecule is C/C(=C\c1cc(C)c(O)c(C)c1)CC[C@H]1OB(O)C[C@H]2C1=C(CO[Si](c1ccccc1)(c1ccccc1)C(C)(C)C)C[C@H]1C(=O)N(c3cccc(B(O)O)c3)C(=O)[C@H]12. The maximum Gasteiger partial charge on any atom is 0.488 e. The van der Waals surface area contributed by atoms with Crippen molar-refractivity contribution in [3.63, 3.8) is 0 Å². The summed E-state index contributed by atoms with van der Waals surface area (Å²) in [6, 6.07) is 30.9. The molecule has 0 unspecified atom stereocenters. The van der Waals surface area contributed by atoms with E-state index in [1.54, 1.807) is 12.1 Å². The average molecular weight is 798 g/mol. The largest absolute Gasteiger partial charge is 0.507 e. The van der Waals surface area contributed by atoms with Gasteiger partial charge in [-0.05, 0) is 125 Å². The first-order valence-electron chi connectivity index (χ1n) is 20.2. The fraction of sp³-hybridized carbons (Fsp3) is 0.348. The lowest BCUT2D eigenvalue weighted by atomic mass is 9.58. The van der Waals surface area contributed by atoms with Crippen molar-refractivity contribution >= 4 is 62.0 Å². The van der Waals surface area contributed by atoms with Crippen molar-refractivity contribution in [2.24, 2.45) is 17.8 Å². The van der Waals surface area contributed by atoms with Crippen LogP contribution in [0, 0.1) is 31.6 Å². The monoisotopic (exact) mass is 797 g/mol. The Labute approximate surface area is 343 Å². The van der Waals surface area contributed by atoms with Crippen LogP contribution in [0.15, 0.2) is 114 Å². The van der Waals surface area contributed by atoms with Crippen molar-refractivity contribution in [3.05, 3.63) is 130 Å². The highest BCUT2D eigenvalue weighted by Gasteiger charge is 2.58. The molecule has 12 heteroatoms. The Balaban J connectivity index is 1.30. The molecule has 1 aliphatic carbocycles. The van der Waals surface area contributed by atoms with Gasteiger partial charge in [-0.2, -0.15) is 0 Å². The summed E-state index contributed by atoms with van der Waals surface area (Å²) in [6.07, 6.45) is 3.17. The molecule has 2 saturated heterocycles. The van der Waals surface area contributed by atoms with Crippen LogP contribution in [0.3, 0.4) is 0 Å². The molecular formula is C46H53B2NO8Si. The standard InChI is InChI=1S/C46H53B2NO8Si/c1-29(22-32-23-30(2)43(50)31(3)24-32)20-21-40-41-33(28-56-58(46(4,5)6,36-16-9-7-10-17-36)37-18-11-8-12-19-37)25-38-42(39(41)27-47(53)57-40)45(52)49(44(38)51)35-15-13-14-34(26-35)48(54)55/h7-19,22-24,26,38-40,42,50,53-55H,20-21,25,27-28H2,1-6H3/b29-22+/t38-,39+,40-,42-/m1/s1. The van der Waals surface area contributed by atoms with E-state index in [1.807, 2.05) is 62.4 Å². The molecule has 4 aromatic carbocycles. The van der Waals surface area contributed by atoms with Crippen LogP contribution in [0.1, 0.15) is 63.6 Å². The van der Waals surface area contributed by atoms with Gasteiger partial charge in [0.2, 0.25) is 11.8 Å². The molecule has 7 rings (SSSR count). The van der Waals surface area contributed by atoms with Crippen molar-refractivity contribution in [2.75, 3.05) is 11.5 Å². The third kappa shape index (κ3) is 7.81. The number of allylic oxidation sites excluding steroid dienone is 1.